The van der Waals surface area contributed by atoms with Crippen molar-refractivity contribution in [1.29, 1.82) is 0 Å². The Hall–Kier alpha value is -2.01. The predicted molar refractivity (Wildman–Crippen MR) is 85.4 cm³/mol. The lowest BCUT2D eigenvalue weighted by atomic mass is 10.0. The van der Waals surface area contributed by atoms with Crippen molar-refractivity contribution in [3.05, 3.63) is 46.0 Å². The summed E-state index contributed by atoms with van der Waals surface area (Å²) in [4.78, 5) is -0.317. The molecule has 0 bridgehead atoms. The maximum Gasteiger partial charge on any atom is 0.214 e. The Morgan fingerprint density at radius 1 is 0.818 bits per heavy atom. The van der Waals surface area contributed by atoms with Gasteiger partial charge in [0.15, 0.2) is 0 Å². The van der Waals surface area contributed by atoms with Crippen LogP contribution in [-0.4, -0.2) is 18.6 Å². The Balaban J connectivity index is 2.87. The van der Waals surface area contributed by atoms with Crippen LogP contribution in [0.5, 0.6) is 11.5 Å². The lowest BCUT2D eigenvalue weighted by Gasteiger charge is -2.16. The largest absolute Gasteiger partial charge is 0.507 e. The fraction of sp³-hybridized carbons (Fsp3) is 0.294. The monoisotopic (exact) mass is 320 g/mol. The average molecular weight is 320 g/mol. The molecule has 0 saturated carbocycles. The first-order valence-corrected chi connectivity index (χ1v) is 8.41. The van der Waals surface area contributed by atoms with Gasteiger partial charge in [0.2, 0.25) is 9.84 Å². The van der Waals surface area contributed by atoms with Crippen LogP contribution in [0.3, 0.4) is 0 Å². The smallest absolute Gasteiger partial charge is 0.214 e. The standard InChI is InChI=1S/C17H20O4S/c1-9-6-7-14(18)17(12(9)4)22(20,21)15-8-10(2)11(3)13(5)16(15)19/h6-8,18-19H,1-5H3. The molecule has 5 heteroatoms. The Labute approximate surface area is 131 Å². The lowest BCUT2D eigenvalue weighted by Crippen LogP contribution is -2.08. The van der Waals surface area contributed by atoms with Crippen LogP contribution in [-0.2, 0) is 9.84 Å². The summed E-state index contributed by atoms with van der Waals surface area (Å²) in [6, 6.07) is 4.48. The molecule has 118 valence electrons. The minimum Gasteiger partial charge on any atom is -0.507 e. The van der Waals surface area contributed by atoms with Crippen molar-refractivity contribution in [2.75, 3.05) is 0 Å². The molecule has 0 fully saturated rings. The van der Waals surface area contributed by atoms with Crippen LogP contribution in [0.4, 0.5) is 0 Å². The van der Waals surface area contributed by atoms with Crippen molar-refractivity contribution in [3.8, 4) is 11.5 Å². The molecule has 2 N–H and O–H groups in total. The highest BCUT2D eigenvalue weighted by atomic mass is 32.2. The Bertz CT molecular complexity index is 865. The second-order valence-corrected chi connectivity index (χ2v) is 7.50. The second kappa shape index (κ2) is 5.32. The number of hydrogen-bond acceptors (Lipinski definition) is 4. The maximum absolute atomic E-state index is 12.9. The predicted octanol–water partition coefficient (Wildman–Crippen LogP) is 3.47. The van der Waals surface area contributed by atoms with E-state index in [1.54, 1.807) is 33.8 Å². The minimum atomic E-state index is -4.02. The SMILES string of the molecule is Cc1cc(S(=O)(=O)c2c(O)ccc(C)c2C)c(O)c(C)c1C. The molecular formula is C17H20O4S. The summed E-state index contributed by atoms with van der Waals surface area (Å²) in [6.45, 7) is 8.73. The van der Waals surface area contributed by atoms with Gasteiger partial charge in [0.1, 0.15) is 21.3 Å². The van der Waals surface area contributed by atoms with Gasteiger partial charge >= 0.3 is 0 Å². The zero-order valence-electron chi connectivity index (χ0n) is 13.4. The second-order valence-electron chi connectivity index (χ2n) is 5.65. The topological polar surface area (TPSA) is 74.6 Å². The normalized spacial score (nSPS) is 11.7. The molecule has 4 nitrogen and oxygen atoms in total. The highest BCUT2D eigenvalue weighted by Crippen LogP contribution is 2.39. The van der Waals surface area contributed by atoms with Crippen molar-refractivity contribution >= 4 is 9.84 Å². The highest BCUT2D eigenvalue weighted by molar-refractivity contribution is 7.91. The van der Waals surface area contributed by atoms with E-state index in [9.17, 15) is 18.6 Å². The number of sulfone groups is 1. The molecule has 22 heavy (non-hydrogen) atoms. The summed E-state index contributed by atoms with van der Waals surface area (Å²) in [7, 11) is -4.02. The molecule has 0 amide bonds. The van der Waals surface area contributed by atoms with Gasteiger partial charge < -0.3 is 10.2 Å². The van der Waals surface area contributed by atoms with E-state index in [1.807, 2.05) is 6.92 Å². The van der Waals surface area contributed by atoms with E-state index in [0.717, 1.165) is 16.7 Å². The molecule has 0 spiro atoms. The van der Waals surface area contributed by atoms with Gasteiger partial charge in [-0.1, -0.05) is 6.07 Å². The van der Waals surface area contributed by atoms with Gasteiger partial charge in [-0.05, 0) is 74.6 Å². The lowest BCUT2D eigenvalue weighted by molar-refractivity contribution is 0.449. The molecule has 0 aromatic heterocycles. The number of aryl methyl sites for hydroxylation is 2. The molecular weight excluding hydrogens is 300 g/mol. The molecule has 0 aliphatic rings. The molecule has 0 atom stereocenters. The van der Waals surface area contributed by atoms with Gasteiger partial charge in [-0.3, -0.25) is 0 Å². The van der Waals surface area contributed by atoms with E-state index in [0.29, 0.717) is 11.1 Å². The van der Waals surface area contributed by atoms with Crippen molar-refractivity contribution in [2.24, 2.45) is 0 Å². The van der Waals surface area contributed by atoms with E-state index in [2.05, 4.69) is 0 Å². The fourth-order valence-corrected chi connectivity index (χ4v) is 4.33. The minimum absolute atomic E-state index is 0.148. The van der Waals surface area contributed by atoms with Crippen LogP contribution in [0, 0.1) is 34.6 Å². The van der Waals surface area contributed by atoms with E-state index in [4.69, 9.17) is 0 Å². The van der Waals surface area contributed by atoms with Crippen molar-refractivity contribution in [3.63, 3.8) is 0 Å². The summed E-state index contributed by atoms with van der Waals surface area (Å²) in [6.07, 6.45) is 0. The van der Waals surface area contributed by atoms with Crippen LogP contribution in [0.15, 0.2) is 28.0 Å². The number of aromatic hydroxyl groups is 2. The fourth-order valence-electron chi connectivity index (χ4n) is 2.46. The first kappa shape index (κ1) is 16.4. The van der Waals surface area contributed by atoms with Gasteiger partial charge in [0, 0.05) is 0 Å². The van der Waals surface area contributed by atoms with E-state index in [1.165, 1.54) is 12.1 Å². The quantitative estimate of drug-likeness (QED) is 0.888. The third-order valence-electron chi connectivity index (χ3n) is 4.30. The molecule has 2 aromatic carbocycles. The first-order valence-electron chi connectivity index (χ1n) is 6.93. The van der Waals surface area contributed by atoms with Crippen molar-refractivity contribution in [2.45, 2.75) is 44.4 Å². The summed E-state index contributed by atoms with van der Waals surface area (Å²) in [5, 5.41) is 20.3. The van der Waals surface area contributed by atoms with Gasteiger partial charge in [0.25, 0.3) is 0 Å². The summed E-state index contributed by atoms with van der Waals surface area (Å²) in [5.41, 5.74) is 3.40. The van der Waals surface area contributed by atoms with Crippen LogP contribution in [0.1, 0.15) is 27.8 Å². The number of benzene rings is 2. The molecule has 0 aliphatic carbocycles. The number of phenolic OH excluding ortho intramolecular Hbond substituents is 2. The van der Waals surface area contributed by atoms with E-state index in [-0.39, 0.29) is 21.3 Å². The molecule has 0 unspecified atom stereocenters. The zero-order chi connectivity index (χ0) is 16.8. The Kier molecular flexibility index (Phi) is 3.96. The first-order chi connectivity index (χ1) is 10.1. The molecule has 2 aromatic rings. The molecule has 0 heterocycles. The number of hydrogen-bond donors (Lipinski definition) is 2. The molecule has 0 saturated heterocycles. The number of rotatable bonds is 2. The summed E-state index contributed by atoms with van der Waals surface area (Å²) in [5.74, 6) is -0.568. The van der Waals surface area contributed by atoms with Gasteiger partial charge in [-0.2, -0.15) is 0 Å². The molecule has 2 rings (SSSR count). The maximum atomic E-state index is 12.9. The van der Waals surface area contributed by atoms with Gasteiger partial charge in [-0.25, -0.2) is 8.42 Å². The van der Waals surface area contributed by atoms with E-state index >= 15 is 0 Å². The third kappa shape index (κ3) is 2.35. The molecule has 0 radical (unpaired) electrons. The van der Waals surface area contributed by atoms with Crippen molar-refractivity contribution < 1.29 is 18.6 Å². The zero-order valence-corrected chi connectivity index (χ0v) is 14.2. The van der Waals surface area contributed by atoms with Crippen molar-refractivity contribution in [1.82, 2.24) is 0 Å². The van der Waals surface area contributed by atoms with Crippen LogP contribution in [0.25, 0.3) is 0 Å². The van der Waals surface area contributed by atoms with Crippen LogP contribution >= 0.6 is 0 Å². The molecule has 0 aliphatic heterocycles. The van der Waals surface area contributed by atoms with Gasteiger partial charge in [0.05, 0.1) is 0 Å². The summed E-state index contributed by atoms with van der Waals surface area (Å²) >= 11 is 0. The third-order valence-corrected chi connectivity index (χ3v) is 6.25. The highest BCUT2D eigenvalue weighted by Gasteiger charge is 2.29. The number of phenols is 2. The summed E-state index contributed by atoms with van der Waals surface area (Å²) < 4.78 is 25.9. The Morgan fingerprint density at radius 2 is 1.41 bits per heavy atom. The van der Waals surface area contributed by atoms with Gasteiger partial charge in [-0.15, -0.1) is 0 Å². The Morgan fingerprint density at radius 3 is 2.00 bits per heavy atom. The van der Waals surface area contributed by atoms with Crippen LogP contribution in [0.2, 0.25) is 0 Å². The van der Waals surface area contributed by atoms with Crippen LogP contribution < -0.4 is 0 Å². The van der Waals surface area contributed by atoms with E-state index < -0.39 is 9.84 Å². The average Bonchev–Trinajstić information content (AvgIpc) is 2.44.